The monoisotopic (exact) mass is 354 g/mol. The van der Waals surface area contributed by atoms with E-state index >= 15 is 0 Å². The molecule has 0 unspecified atom stereocenters. The highest BCUT2D eigenvalue weighted by molar-refractivity contribution is 6.04. The smallest absolute Gasteiger partial charge is 0.257 e. The van der Waals surface area contributed by atoms with Gasteiger partial charge < -0.3 is 15.5 Å². The molecule has 5 nitrogen and oxygen atoms in total. The van der Waals surface area contributed by atoms with Gasteiger partial charge in [-0.2, -0.15) is 0 Å². The lowest BCUT2D eigenvalue weighted by Crippen LogP contribution is -2.26. The Kier molecular flexibility index (Phi) is 6.24. The molecule has 1 aromatic carbocycles. The molecule has 0 radical (unpaired) electrons. The fourth-order valence-corrected chi connectivity index (χ4v) is 2.75. The van der Waals surface area contributed by atoms with Gasteiger partial charge in [0.1, 0.15) is 5.82 Å². The molecule has 140 valence electrons. The Morgan fingerprint density at radius 2 is 1.81 bits per heavy atom. The molecule has 0 saturated heterocycles. The van der Waals surface area contributed by atoms with Crippen molar-refractivity contribution >= 4 is 23.1 Å². The number of carbonyl (C=O) groups is 1. The van der Waals surface area contributed by atoms with Crippen LogP contribution in [0.1, 0.15) is 50.5 Å². The standard InChI is InChI=1S/C21H30N4O/c1-7-25(8-2)17-10-11-18(15(3)13-17)23-20(26)16-9-12-19(22-14-16)24-21(4,5)6/h9-14H,7-8H2,1-6H3,(H,22,24)(H,23,26). The maximum atomic E-state index is 12.5. The molecule has 0 bridgehead atoms. The molecule has 26 heavy (non-hydrogen) atoms. The van der Waals surface area contributed by atoms with E-state index in [1.807, 2.05) is 25.1 Å². The van der Waals surface area contributed by atoms with Crippen molar-refractivity contribution in [2.24, 2.45) is 0 Å². The van der Waals surface area contributed by atoms with Gasteiger partial charge in [-0.05, 0) is 77.4 Å². The van der Waals surface area contributed by atoms with Crippen molar-refractivity contribution in [2.45, 2.75) is 47.1 Å². The number of aryl methyl sites for hydroxylation is 1. The first kappa shape index (κ1) is 19.8. The molecule has 1 aromatic heterocycles. The van der Waals surface area contributed by atoms with E-state index in [-0.39, 0.29) is 11.4 Å². The van der Waals surface area contributed by atoms with Crippen molar-refractivity contribution in [3.63, 3.8) is 0 Å². The number of pyridine rings is 1. The molecule has 0 spiro atoms. The quantitative estimate of drug-likeness (QED) is 0.789. The summed E-state index contributed by atoms with van der Waals surface area (Å²) in [5.74, 6) is 0.604. The van der Waals surface area contributed by atoms with E-state index in [0.717, 1.165) is 30.2 Å². The first-order valence-corrected chi connectivity index (χ1v) is 9.14. The first-order chi connectivity index (χ1) is 12.2. The third-order valence-corrected chi connectivity index (χ3v) is 4.12. The highest BCUT2D eigenvalue weighted by Crippen LogP contribution is 2.23. The number of hydrogen-bond acceptors (Lipinski definition) is 4. The number of amides is 1. The summed E-state index contributed by atoms with van der Waals surface area (Å²) < 4.78 is 0. The van der Waals surface area contributed by atoms with Crippen molar-refractivity contribution < 1.29 is 4.79 Å². The predicted octanol–water partition coefficient (Wildman–Crippen LogP) is 4.70. The zero-order valence-electron chi connectivity index (χ0n) is 16.7. The van der Waals surface area contributed by atoms with Gasteiger partial charge in [0.25, 0.3) is 5.91 Å². The Hall–Kier alpha value is -2.56. The highest BCUT2D eigenvalue weighted by Gasteiger charge is 2.12. The Labute approximate surface area is 156 Å². The maximum Gasteiger partial charge on any atom is 0.257 e. The second-order valence-corrected chi connectivity index (χ2v) is 7.43. The average molecular weight is 354 g/mol. The second-order valence-electron chi connectivity index (χ2n) is 7.43. The van der Waals surface area contributed by atoms with Crippen molar-refractivity contribution in [1.82, 2.24) is 4.98 Å². The highest BCUT2D eigenvalue weighted by atomic mass is 16.1. The van der Waals surface area contributed by atoms with Crippen molar-refractivity contribution in [1.29, 1.82) is 0 Å². The van der Waals surface area contributed by atoms with Crippen LogP contribution >= 0.6 is 0 Å². The summed E-state index contributed by atoms with van der Waals surface area (Å²) in [5, 5.41) is 6.26. The Bertz CT molecular complexity index is 744. The lowest BCUT2D eigenvalue weighted by Gasteiger charge is -2.22. The topological polar surface area (TPSA) is 57.3 Å². The van der Waals surface area contributed by atoms with Crippen molar-refractivity contribution in [2.75, 3.05) is 28.6 Å². The number of anilines is 3. The number of hydrogen-bond donors (Lipinski definition) is 2. The number of nitrogens with zero attached hydrogens (tertiary/aromatic N) is 2. The summed E-state index contributed by atoms with van der Waals surface area (Å²) in [6, 6.07) is 9.73. The molecule has 1 heterocycles. The zero-order chi connectivity index (χ0) is 19.3. The number of carbonyl (C=O) groups excluding carboxylic acids is 1. The number of nitrogens with one attached hydrogen (secondary N) is 2. The number of aromatic nitrogens is 1. The van der Waals surface area contributed by atoms with Gasteiger partial charge >= 0.3 is 0 Å². The molecule has 0 aliphatic carbocycles. The van der Waals surface area contributed by atoms with Crippen LogP contribution in [-0.2, 0) is 0 Å². The normalized spacial score (nSPS) is 11.2. The van der Waals surface area contributed by atoms with Crippen LogP contribution in [0.5, 0.6) is 0 Å². The molecule has 2 rings (SSSR count). The van der Waals surface area contributed by atoms with E-state index in [1.165, 1.54) is 5.69 Å². The van der Waals surface area contributed by atoms with Crippen LogP contribution in [0.2, 0.25) is 0 Å². The Morgan fingerprint density at radius 1 is 1.12 bits per heavy atom. The average Bonchev–Trinajstić information content (AvgIpc) is 2.57. The van der Waals surface area contributed by atoms with E-state index in [4.69, 9.17) is 0 Å². The lowest BCUT2D eigenvalue weighted by molar-refractivity contribution is 0.102. The minimum atomic E-state index is -0.154. The van der Waals surface area contributed by atoms with Gasteiger partial charge in [0.15, 0.2) is 0 Å². The van der Waals surface area contributed by atoms with Crippen molar-refractivity contribution in [3.8, 4) is 0 Å². The number of rotatable bonds is 6. The number of benzene rings is 1. The van der Waals surface area contributed by atoms with Gasteiger partial charge in [-0.1, -0.05) is 0 Å². The third kappa shape index (κ3) is 5.22. The molecule has 0 fully saturated rings. The molecule has 1 amide bonds. The third-order valence-electron chi connectivity index (χ3n) is 4.12. The summed E-state index contributed by atoms with van der Waals surface area (Å²) in [7, 11) is 0. The Balaban J connectivity index is 2.10. The molecule has 0 aliphatic rings. The van der Waals surface area contributed by atoms with Gasteiger partial charge in [0, 0.05) is 36.2 Å². The van der Waals surface area contributed by atoms with Gasteiger partial charge in [0.05, 0.1) is 5.56 Å². The molecule has 2 aromatic rings. The van der Waals surface area contributed by atoms with E-state index in [2.05, 4.69) is 61.2 Å². The fourth-order valence-electron chi connectivity index (χ4n) is 2.75. The van der Waals surface area contributed by atoms with E-state index < -0.39 is 0 Å². The molecule has 0 atom stereocenters. The molecular weight excluding hydrogens is 324 g/mol. The summed E-state index contributed by atoms with van der Waals surface area (Å²) in [6.45, 7) is 14.4. The Morgan fingerprint density at radius 3 is 2.31 bits per heavy atom. The van der Waals surface area contributed by atoms with Gasteiger partial charge in [-0.15, -0.1) is 0 Å². The second kappa shape index (κ2) is 8.21. The van der Waals surface area contributed by atoms with Crippen LogP contribution in [0.4, 0.5) is 17.2 Å². The summed E-state index contributed by atoms with van der Waals surface area (Å²) in [4.78, 5) is 19.1. The van der Waals surface area contributed by atoms with Gasteiger partial charge in [0.2, 0.25) is 0 Å². The minimum absolute atomic E-state index is 0.0690. The molecule has 5 heteroatoms. The molecule has 0 saturated carbocycles. The van der Waals surface area contributed by atoms with Gasteiger partial charge in [-0.3, -0.25) is 4.79 Å². The molecular formula is C21H30N4O. The van der Waals surface area contributed by atoms with Crippen LogP contribution < -0.4 is 15.5 Å². The maximum absolute atomic E-state index is 12.5. The predicted molar refractivity (Wildman–Crippen MR) is 110 cm³/mol. The van der Waals surface area contributed by atoms with E-state index in [1.54, 1.807) is 12.3 Å². The summed E-state index contributed by atoms with van der Waals surface area (Å²) in [5.41, 5.74) is 3.51. The SMILES string of the molecule is CCN(CC)c1ccc(NC(=O)c2ccc(NC(C)(C)C)nc2)c(C)c1. The molecule has 0 aliphatic heterocycles. The van der Waals surface area contributed by atoms with E-state index in [0.29, 0.717) is 5.56 Å². The van der Waals surface area contributed by atoms with Crippen LogP contribution in [0, 0.1) is 6.92 Å². The van der Waals surface area contributed by atoms with E-state index in [9.17, 15) is 4.79 Å². The van der Waals surface area contributed by atoms with Gasteiger partial charge in [-0.25, -0.2) is 4.98 Å². The first-order valence-electron chi connectivity index (χ1n) is 9.14. The fraction of sp³-hybridized carbons (Fsp3) is 0.429. The van der Waals surface area contributed by atoms with Crippen LogP contribution in [-0.4, -0.2) is 29.5 Å². The van der Waals surface area contributed by atoms with Crippen LogP contribution in [0.15, 0.2) is 36.5 Å². The molecule has 2 N–H and O–H groups in total. The lowest BCUT2D eigenvalue weighted by atomic mass is 10.1. The van der Waals surface area contributed by atoms with Crippen LogP contribution in [0.3, 0.4) is 0 Å². The van der Waals surface area contributed by atoms with Crippen molar-refractivity contribution in [3.05, 3.63) is 47.7 Å². The largest absolute Gasteiger partial charge is 0.372 e. The van der Waals surface area contributed by atoms with Crippen LogP contribution in [0.25, 0.3) is 0 Å². The summed E-state index contributed by atoms with van der Waals surface area (Å²) >= 11 is 0. The zero-order valence-corrected chi connectivity index (χ0v) is 16.7. The summed E-state index contributed by atoms with van der Waals surface area (Å²) in [6.07, 6.45) is 1.60. The minimum Gasteiger partial charge on any atom is -0.372 e.